The molecular weight excluding hydrogens is 275 g/mol. The Kier molecular flexibility index (Phi) is 4.88. The number of nitrogens with two attached hydrogens (primary N) is 1. The Bertz CT molecular complexity index is 412. The normalized spacial score (nSPS) is 14.6. The molecule has 1 heterocycles. The highest BCUT2D eigenvalue weighted by Crippen LogP contribution is 2.29. The second-order valence-electron chi connectivity index (χ2n) is 4.24. The molecule has 7 heteroatoms. The van der Waals surface area contributed by atoms with Crippen molar-refractivity contribution in [2.75, 3.05) is 30.5 Å². The number of aromatic nitrogens is 1. The van der Waals surface area contributed by atoms with E-state index in [0.29, 0.717) is 34.8 Å². The molecule has 1 aliphatic rings. The highest BCUT2D eigenvalue weighted by atomic mass is 35.5. The monoisotopic (exact) mass is 290 g/mol. The summed E-state index contributed by atoms with van der Waals surface area (Å²) in [6.45, 7) is 2.12. The van der Waals surface area contributed by atoms with Gasteiger partial charge < -0.3 is 15.5 Å². The third-order valence-corrected chi connectivity index (χ3v) is 3.23. The molecule has 1 aromatic heterocycles. The number of nitrogens with zero attached hydrogens (tertiary/aromatic N) is 1. The molecule has 0 aromatic carbocycles. The van der Waals surface area contributed by atoms with Crippen molar-refractivity contribution in [3.63, 3.8) is 0 Å². The zero-order valence-electron chi connectivity index (χ0n) is 9.88. The largest absolute Gasteiger partial charge is 0.379 e. The van der Waals surface area contributed by atoms with Crippen molar-refractivity contribution in [1.29, 1.82) is 0 Å². The maximum Gasteiger partial charge on any atom is 0.161 e. The highest BCUT2D eigenvalue weighted by molar-refractivity contribution is 6.37. The molecule has 100 valence electrons. The van der Waals surface area contributed by atoms with Crippen molar-refractivity contribution in [2.45, 2.75) is 12.8 Å². The van der Waals surface area contributed by atoms with Crippen LogP contribution in [-0.2, 0) is 4.74 Å². The van der Waals surface area contributed by atoms with E-state index in [1.165, 1.54) is 12.8 Å². The average Bonchev–Trinajstić information content (AvgIpc) is 3.15. The lowest BCUT2D eigenvalue weighted by Crippen LogP contribution is -2.14. The number of rotatable bonds is 7. The first kappa shape index (κ1) is 13.7. The molecular formula is C11H16Cl2N4O. The maximum absolute atomic E-state index is 6.01. The Balaban J connectivity index is 1.79. The third kappa shape index (κ3) is 3.88. The summed E-state index contributed by atoms with van der Waals surface area (Å²) in [7, 11) is 0. The SMILES string of the molecule is NNc1nc(NCCOCC2CC2)c(Cl)cc1Cl. The van der Waals surface area contributed by atoms with Gasteiger partial charge in [0.15, 0.2) is 5.82 Å². The molecule has 18 heavy (non-hydrogen) atoms. The van der Waals surface area contributed by atoms with E-state index >= 15 is 0 Å². The van der Waals surface area contributed by atoms with E-state index in [0.717, 1.165) is 12.5 Å². The number of halogens is 2. The summed E-state index contributed by atoms with van der Waals surface area (Å²) in [5, 5.41) is 3.93. The molecule has 2 rings (SSSR count). The summed E-state index contributed by atoms with van der Waals surface area (Å²) in [6, 6.07) is 1.60. The number of nitrogens with one attached hydrogen (secondary N) is 2. The maximum atomic E-state index is 6.01. The van der Waals surface area contributed by atoms with Crippen LogP contribution in [0.5, 0.6) is 0 Å². The van der Waals surface area contributed by atoms with Crippen LogP contribution in [0.15, 0.2) is 6.07 Å². The summed E-state index contributed by atoms with van der Waals surface area (Å²) in [4.78, 5) is 4.17. The van der Waals surface area contributed by atoms with Crippen LogP contribution in [-0.4, -0.2) is 24.7 Å². The standard InChI is InChI=1S/C11H16Cl2N4O/c12-8-5-9(13)11(17-14)16-10(8)15-3-4-18-6-7-1-2-7/h5,7H,1-4,6,14H2,(H2,15,16,17). The Morgan fingerprint density at radius 1 is 1.33 bits per heavy atom. The molecule has 0 aliphatic heterocycles. The topological polar surface area (TPSA) is 72.2 Å². The van der Waals surface area contributed by atoms with Gasteiger partial charge in [-0.15, -0.1) is 0 Å². The molecule has 0 bridgehead atoms. The molecule has 4 N–H and O–H groups in total. The summed E-state index contributed by atoms with van der Waals surface area (Å²) in [5.41, 5.74) is 2.41. The fourth-order valence-electron chi connectivity index (χ4n) is 1.47. The van der Waals surface area contributed by atoms with Crippen LogP contribution < -0.4 is 16.6 Å². The van der Waals surface area contributed by atoms with Crippen molar-refractivity contribution in [3.8, 4) is 0 Å². The number of hydrazine groups is 1. The molecule has 1 aromatic rings. The average molecular weight is 291 g/mol. The zero-order chi connectivity index (χ0) is 13.0. The van der Waals surface area contributed by atoms with Gasteiger partial charge in [0.25, 0.3) is 0 Å². The fourth-order valence-corrected chi connectivity index (χ4v) is 1.95. The van der Waals surface area contributed by atoms with Crippen LogP contribution in [0.2, 0.25) is 10.0 Å². The van der Waals surface area contributed by atoms with Crippen molar-refractivity contribution in [1.82, 2.24) is 4.98 Å². The van der Waals surface area contributed by atoms with Gasteiger partial charge in [-0.1, -0.05) is 23.2 Å². The number of pyridine rings is 1. The van der Waals surface area contributed by atoms with E-state index in [2.05, 4.69) is 15.7 Å². The fraction of sp³-hybridized carbons (Fsp3) is 0.545. The van der Waals surface area contributed by atoms with E-state index in [9.17, 15) is 0 Å². The van der Waals surface area contributed by atoms with Crippen molar-refractivity contribution in [3.05, 3.63) is 16.1 Å². The summed E-state index contributed by atoms with van der Waals surface area (Å²) in [6.07, 6.45) is 2.59. The molecule has 1 saturated carbocycles. The predicted octanol–water partition coefficient (Wildman–Crippen LogP) is 2.51. The molecule has 0 saturated heterocycles. The van der Waals surface area contributed by atoms with Crippen LogP contribution in [0, 0.1) is 5.92 Å². The Labute approximate surface area is 116 Å². The molecule has 1 fully saturated rings. The van der Waals surface area contributed by atoms with Crippen molar-refractivity contribution >= 4 is 34.8 Å². The number of hydrogen-bond donors (Lipinski definition) is 3. The lowest BCUT2D eigenvalue weighted by atomic mass is 10.4. The van der Waals surface area contributed by atoms with Gasteiger partial charge in [0.1, 0.15) is 5.82 Å². The van der Waals surface area contributed by atoms with E-state index in [4.69, 9.17) is 33.8 Å². The van der Waals surface area contributed by atoms with Gasteiger partial charge in [-0.2, -0.15) is 0 Å². The van der Waals surface area contributed by atoms with Gasteiger partial charge >= 0.3 is 0 Å². The van der Waals surface area contributed by atoms with Gasteiger partial charge in [-0.3, -0.25) is 0 Å². The first-order valence-electron chi connectivity index (χ1n) is 5.85. The first-order valence-corrected chi connectivity index (χ1v) is 6.60. The van der Waals surface area contributed by atoms with Crippen molar-refractivity contribution < 1.29 is 4.74 Å². The van der Waals surface area contributed by atoms with Gasteiger partial charge in [0, 0.05) is 13.2 Å². The number of anilines is 2. The van der Waals surface area contributed by atoms with Gasteiger partial charge in [-0.05, 0) is 24.8 Å². The summed E-state index contributed by atoms with van der Waals surface area (Å²) >= 11 is 11.9. The van der Waals surface area contributed by atoms with Gasteiger partial charge in [-0.25, -0.2) is 10.8 Å². The van der Waals surface area contributed by atoms with E-state index in [1.54, 1.807) is 6.07 Å². The molecule has 0 atom stereocenters. The first-order chi connectivity index (χ1) is 8.70. The van der Waals surface area contributed by atoms with Crippen LogP contribution >= 0.6 is 23.2 Å². The number of ether oxygens (including phenoxy) is 1. The Morgan fingerprint density at radius 3 is 2.72 bits per heavy atom. The van der Waals surface area contributed by atoms with E-state index in [-0.39, 0.29) is 0 Å². The molecule has 0 amide bonds. The molecule has 0 radical (unpaired) electrons. The van der Waals surface area contributed by atoms with Gasteiger partial charge in [0.2, 0.25) is 0 Å². The van der Waals surface area contributed by atoms with Crippen molar-refractivity contribution in [2.24, 2.45) is 11.8 Å². The highest BCUT2D eigenvalue weighted by Gasteiger charge is 2.20. The number of hydrogen-bond acceptors (Lipinski definition) is 5. The summed E-state index contributed by atoms with van der Waals surface area (Å²) in [5.74, 6) is 7.00. The van der Waals surface area contributed by atoms with Gasteiger partial charge in [0.05, 0.1) is 16.7 Å². The lowest BCUT2D eigenvalue weighted by Gasteiger charge is -2.10. The quantitative estimate of drug-likeness (QED) is 0.409. The molecule has 0 unspecified atom stereocenters. The second kappa shape index (κ2) is 6.43. The third-order valence-electron chi connectivity index (χ3n) is 2.66. The zero-order valence-corrected chi connectivity index (χ0v) is 11.4. The minimum Gasteiger partial charge on any atom is -0.379 e. The van der Waals surface area contributed by atoms with Crippen LogP contribution in [0.3, 0.4) is 0 Å². The second-order valence-corrected chi connectivity index (χ2v) is 5.05. The molecule has 0 spiro atoms. The smallest absolute Gasteiger partial charge is 0.161 e. The van der Waals surface area contributed by atoms with Crippen LogP contribution in [0.4, 0.5) is 11.6 Å². The Morgan fingerprint density at radius 2 is 2.06 bits per heavy atom. The minimum atomic E-state index is 0.387. The number of nitrogen functional groups attached to an aromatic ring is 1. The summed E-state index contributed by atoms with van der Waals surface area (Å²) < 4.78 is 5.50. The lowest BCUT2D eigenvalue weighted by molar-refractivity contribution is 0.134. The van der Waals surface area contributed by atoms with Crippen LogP contribution in [0.25, 0.3) is 0 Å². The molecule has 1 aliphatic carbocycles. The molecule has 5 nitrogen and oxygen atoms in total. The predicted molar refractivity (Wildman–Crippen MR) is 74.1 cm³/mol. The van der Waals surface area contributed by atoms with E-state index in [1.807, 2.05) is 0 Å². The Hall–Kier alpha value is -0.750. The van der Waals surface area contributed by atoms with Crippen LogP contribution in [0.1, 0.15) is 12.8 Å². The van der Waals surface area contributed by atoms with E-state index < -0.39 is 0 Å². The minimum absolute atomic E-state index is 0.387.